The summed E-state index contributed by atoms with van der Waals surface area (Å²) in [5.74, 6) is 0. The predicted octanol–water partition coefficient (Wildman–Crippen LogP) is 2.11. The van der Waals surface area contributed by atoms with E-state index in [0.717, 1.165) is 0 Å². The maximum Gasteiger partial charge on any atom is 0.0191 e. The Balaban J connectivity index is 3.53. The number of unbranched alkanes of at least 4 members (excludes halogenated alkanes) is 1. The smallest absolute Gasteiger partial charge is 0.0191 e. The zero-order valence-corrected chi connectivity index (χ0v) is 9.77. The van der Waals surface area contributed by atoms with E-state index in [1.807, 2.05) is 0 Å². The van der Waals surface area contributed by atoms with Gasteiger partial charge in [-0.05, 0) is 33.5 Å². The third-order valence-electron chi connectivity index (χ3n) is 2.47. The second-order valence-electron chi connectivity index (χ2n) is 3.89. The molecule has 13 heavy (non-hydrogen) atoms. The first-order chi connectivity index (χ1) is 6.24. The molecule has 0 aliphatic heterocycles. The Labute approximate surface area is 83.7 Å². The van der Waals surface area contributed by atoms with E-state index in [9.17, 15) is 0 Å². The van der Waals surface area contributed by atoms with Crippen LogP contribution in [0.15, 0.2) is 0 Å². The van der Waals surface area contributed by atoms with Crippen LogP contribution >= 0.6 is 0 Å². The minimum absolute atomic E-state index is 0.673. The van der Waals surface area contributed by atoms with Crippen LogP contribution in [0.2, 0.25) is 0 Å². The van der Waals surface area contributed by atoms with E-state index in [-0.39, 0.29) is 0 Å². The van der Waals surface area contributed by atoms with Crippen molar-refractivity contribution in [3.8, 4) is 0 Å². The zero-order chi connectivity index (χ0) is 10.1. The minimum atomic E-state index is 0.673. The predicted molar refractivity (Wildman–Crippen MR) is 60.2 cm³/mol. The largest absolute Gasteiger partial charge is 0.316 e. The molecule has 2 nitrogen and oxygen atoms in total. The summed E-state index contributed by atoms with van der Waals surface area (Å²) >= 11 is 0. The van der Waals surface area contributed by atoms with Gasteiger partial charge in [-0.25, -0.2) is 0 Å². The monoisotopic (exact) mass is 186 g/mol. The number of nitrogens with zero attached hydrogens (tertiary/aromatic N) is 1. The van der Waals surface area contributed by atoms with Crippen molar-refractivity contribution in [2.75, 3.05) is 27.2 Å². The van der Waals surface area contributed by atoms with Crippen LogP contribution in [-0.2, 0) is 0 Å². The molecular weight excluding hydrogens is 160 g/mol. The van der Waals surface area contributed by atoms with Gasteiger partial charge in [-0.2, -0.15) is 0 Å². The number of likely N-dealkylation sites (N-methyl/N-ethyl adjacent to an activating group) is 2. The number of rotatable bonds is 8. The van der Waals surface area contributed by atoms with Crippen molar-refractivity contribution in [2.24, 2.45) is 0 Å². The normalized spacial score (nSPS) is 13.6. The van der Waals surface area contributed by atoms with Gasteiger partial charge in [0.15, 0.2) is 0 Å². The molecule has 0 radical (unpaired) electrons. The summed E-state index contributed by atoms with van der Waals surface area (Å²) in [5, 5.41) is 3.37. The van der Waals surface area contributed by atoms with Crippen molar-refractivity contribution in [1.82, 2.24) is 10.2 Å². The van der Waals surface area contributed by atoms with E-state index in [1.54, 1.807) is 0 Å². The molecule has 0 saturated heterocycles. The number of nitrogens with one attached hydrogen (secondary N) is 1. The van der Waals surface area contributed by atoms with Gasteiger partial charge in [-0.1, -0.05) is 26.7 Å². The van der Waals surface area contributed by atoms with E-state index in [4.69, 9.17) is 0 Å². The van der Waals surface area contributed by atoms with Crippen LogP contribution in [0.4, 0.5) is 0 Å². The molecule has 0 spiro atoms. The highest BCUT2D eigenvalue weighted by Crippen LogP contribution is 1.99. The molecule has 1 unspecified atom stereocenters. The van der Waals surface area contributed by atoms with Gasteiger partial charge in [-0.15, -0.1) is 0 Å². The molecule has 0 amide bonds. The van der Waals surface area contributed by atoms with E-state index in [2.05, 4.69) is 38.2 Å². The Morgan fingerprint density at radius 3 is 2.38 bits per heavy atom. The Hall–Kier alpha value is -0.0800. The highest BCUT2D eigenvalue weighted by molar-refractivity contribution is 4.67. The Morgan fingerprint density at radius 1 is 1.23 bits per heavy atom. The first kappa shape index (κ1) is 12.9. The summed E-state index contributed by atoms with van der Waals surface area (Å²) in [6, 6.07) is 0.673. The molecule has 1 atom stereocenters. The van der Waals surface area contributed by atoms with Crippen LogP contribution in [0.1, 0.15) is 39.5 Å². The van der Waals surface area contributed by atoms with Crippen molar-refractivity contribution in [1.29, 1.82) is 0 Å². The SMILES string of the molecule is CCCCN(C)CC(CCC)NC. The van der Waals surface area contributed by atoms with E-state index in [1.165, 1.54) is 38.8 Å². The van der Waals surface area contributed by atoms with Gasteiger partial charge in [-0.3, -0.25) is 0 Å². The lowest BCUT2D eigenvalue weighted by molar-refractivity contribution is 0.283. The zero-order valence-electron chi connectivity index (χ0n) is 9.77. The van der Waals surface area contributed by atoms with Crippen molar-refractivity contribution in [2.45, 2.75) is 45.6 Å². The summed E-state index contributed by atoms with van der Waals surface area (Å²) < 4.78 is 0. The number of hydrogen-bond donors (Lipinski definition) is 1. The van der Waals surface area contributed by atoms with Crippen molar-refractivity contribution < 1.29 is 0 Å². The van der Waals surface area contributed by atoms with Gasteiger partial charge in [0.2, 0.25) is 0 Å². The summed E-state index contributed by atoms with van der Waals surface area (Å²) in [4.78, 5) is 2.43. The Bertz CT molecular complexity index is 104. The molecule has 1 N–H and O–H groups in total. The summed E-state index contributed by atoms with van der Waals surface area (Å²) in [7, 11) is 4.28. The Kier molecular flexibility index (Phi) is 8.46. The lowest BCUT2D eigenvalue weighted by Crippen LogP contribution is -2.37. The lowest BCUT2D eigenvalue weighted by Gasteiger charge is -2.23. The van der Waals surface area contributed by atoms with Crippen molar-refractivity contribution in [3.63, 3.8) is 0 Å². The van der Waals surface area contributed by atoms with Gasteiger partial charge in [0.25, 0.3) is 0 Å². The minimum Gasteiger partial charge on any atom is -0.316 e. The average Bonchev–Trinajstić information content (AvgIpc) is 2.14. The molecule has 0 aliphatic rings. The first-order valence-electron chi connectivity index (χ1n) is 5.60. The van der Waals surface area contributed by atoms with Gasteiger partial charge in [0, 0.05) is 12.6 Å². The average molecular weight is 186 g/mol. The second kappa shape index (κ2) is 8.52. The fourth-order valence-corrected chi connectivity index (χ4v) is 1.57. The van der Waals surface area contributed by atoms with Gasteiger partial charge >= 0.3 is 0 Å². The van der Waals surface area contributed by atoms with Crippen LogP contribution in [0.25, 0.3) is 0 Å². The molecule has 0 aromatic carbocycles. The number of hydrogen-bond acceptors (Lipinski definition) is 2. The molecule has 0 aliphatic carbocycles. The molecule has 2 heteroatoms. The van der Waals surface area contributed by atoms with Crippen LogP contribution in [-0.4, -0.2) is 38.1 Å². The lowest BCUT2D eigenvalue weighted by atomic mass is 10.1. The van der Waals surface area contributed by atoms with Crippen LogP contribution in [0.3, 0.4) is 0 Å². The van der Waals surface area contributed by atoms with E-state index in [0.29, 0.717) is 6.04 Å². The van der Waals surface area contributed by atoms with Crippen LogP contribution < -0.4 is 5.32 Å². The molecule has 0 aromatic heterocycles. The maximum absolute atomic E-state index is 3.37. The molecule has 0 bridgehead atoms. The van der Waals surface area contributed by atoms with E-state index >= 15 is 0 Å². The molecule has 0 saturated carbocycles. The molecule has 0 rings (SSSR count). The highest BCUT2D eigenvalue weighted by Gasteiger charge is 2.07. The van der Waals surface area contributed by atoms with Gasteiger partial charge < -0.3 is 10.2 Å². The van der Waals surface area contributed by atoms with Gasteiger partial charge in [0.1, 0.15) is 0 Å². The molecule has 80 valence electrons. The van der Waals surface area contributed by atoms with Crippen molar-refractivity contribution >= 4 is 0 Å². The molecule has 0 fully saturated rings. The quantitative estimate of drug-likeness (QED) is 0.624. The van der Waals surface area contributed by atoms with Gasteiger partial charge in [0.05, 0.1) is 0 Å². The first-order valence-corrected chi connectivity index (χ1v) is 5.60. The Morgan fingerprint density at radius 2 is 1.92 bits per heavy atom. The topological polar surface area (TPSA) is 15.3 Å². The van der Waals surface area contributed by atoms with E-state index < -0.39 is 0 Å². The molecule has 0 aromatic rings. The fraction of sp³-hybridized carbons (Fsp3) is 1.00. The van der Waals surface area contributed by atoms with Crippen LogP contribution in [0, 0.1) is 0 Å². The van der Waals surface area contributed by atoms with Crippen molar-refractivity contribution in [3.05, 3.63) is 0 Å². The second-order valence-corrected chi connectivity index (χ2v) is 3.89. The summed E-state index contributed by atoms with van der Waals surface area (Å²) in [6.45, 7) is 6.91. The van der Waals surface area contributed by atoms with Crippen LogP contribution in [0.5, 0.6) is 0 Å². The molecule has 0 heterocycles. The standard InChI is InChI=1S/C11H26N2/c1-5-7-9-13(4)10-11(12-3)8-6-2/h11-12H,5-10H2,1-4H3. The third-order valence-corrected chi connectivity index (χ3v) is 2.47. The highest BCUT2D eigenvalue weighted by atomic mass is 15.1. The summed E-state index contributed by atoms with van der Waals surface area (Å²) in [5.41, 5.74) is 0. The fourth-order valence-electron chi connectivity index (χ4n) is 1.57. The third kappa shape index (κ3) is 7.03. The summed E-state index contributed by atoms with van der Waals surface area (Å²) in [6.07, 6.45) is 5.17. The molecular formula is C11H26N2. The maximum atomic E-state index is 3.37.